The normalized spacial score (nSPS) is 20.1. The number of hydrogen-bond acceptors (Lipinski definition) is 4. The van der Waals surface area contributed by atoms with Gasteiger partial charge in [-0.25, -0.2) is 0 Å². The summed E-state index contributed by atoms with van der Waals surface area (Å²) in [4.78, 5) is 37.3. The fourth-order valence-corrected chi connectivity index (χ4v) is 3.78. The van der Waals surface area contributed by atoms with Gasteiger partial charge >= 0.3 is 11.9 Å². The number of carbonyl (C=O) groups is 3. The third-order valence-corrected chi connectivity index (χ3v) is 5.38. The van der Waals surface area contributed by atoms with E-state index in [1.165, 1.54) is 0 Å². The smallest absolute Gasteiger partial charge is 0.308 e. The number of aliphatic carboxylic acids is 2. The fraction of sp³-hybridized carbons (Fsp3) is 0.348. The molecule has 1 fully saturated rings. The number of ether oxygens (including phenoxy) is 1. The maximum Gasteiger partial charge on any atom is 0.308 e. The number of hydrogen-bond donors (Lipinski definition) is 2. The van der Waals surface area contributed by atoms with Crippen LogP contribution in [0.15, 0.2) is 54.6 Å². The van der Waals surface area contributed by atoms with E-state index >= 15 is 0 Å². The van der Waals surface area contributed by atoms with E-state index in [9.17, 15) is 19.5 Å². The van der Waals surface area contributed by atoms with Crippen LogP contribution in [0.2, 0.25) is 0 Å². The molecule has 0 heterocycles. The van der Waals surface area contributed by atoms with Crippen LogP contribution in [0.5, 0.6) is 11.5 Å². The Morgan fingerprint density at radius 3 is 2.13 bits per heavy atom. The van der Waals surface area contributed by atoms with Gasteiger partial charge in [0.15, 0.2) is 0 Å². The van der Waals surface area contributed by atoms with Gasteiger partial charge in [-0.05, 0) is 42.7 Å². The minimum Gasteiger partial charge on any atom is -0.481 e. The molecular formula is C23H25NO6. The first kappa shape index (κ1) is 21.4. The van der Waals surface area contributed by atoms with Crippen molar-refractivity contribution in [3.05, 3.63) is 60.2 Å². The lowest BCUT2D eigenvalue weighted by atomic mass is 9.64. The largest absolute Gasteiger partial charge is 0.481 e. The second-order valence-corrected chi connectivity index (χ2v) is 7.47. The van der Waals surface area contributed by atoms with E-state index in [1.54, 1.807) is 4.90 Å². The molecule has 1 amide bonds. The molecule has 7 heteroatoms. The molecule has 2 aromatic rings. The van der Waals surface area contributed by atoms with Gasteiger partial charge in [-0.3, -0.25) is 14.4 Å². The van der Waals surface area contributed by atoms with Crippen LogP contribution in [0.1, 0.15) is 25.3 Å². The number of para-hydroxylation sites is 1. The first-order chi connectivity index (χ1) is 14.4. The number of carboxylic acids is 2. The molecule has 0 saturated heterocycles. The summed E-state index contributed by atoms with van der Waals surface area (Å²) in [6.45, 7) is 2.74. The molecule has 3 rings (SSSR count). The lowest BCUT2D eigenvalue weighted by Crippen LogP contribution is -2.53. The summed E-state index contributed by atoms with van der Waals surface area (Å²) in [5, 5.41) is 18.5. The van der Waals surface area contributed by atoms with E-state index in [2.05, 4.69) is 0 Å². The van der Waals surface area contributed by atoms with Crippen molar-refractivity contribution in [3.63, 3.8) is 0 Å². The Labute approximate surface area is 174 Å². The first-order valence-corrected chi connectivity index (χ1v) is 9.97. The Balaban J connectivity index is 1.67. The molecule has 30 heavy (non-hydrogen) atoms. The zero-order chi connectivity index (χ0) is 21.7. The van der Waals surface area contributed by atoms with Crippen molar-refractivity contribution < 1.29 is 29.3 Å². The molecule has 2 N–H and O–H groups in total. The maximum atomic E-state index is 13.0. The number of nitrogens with zero attached hydrogens (tertiary/aromatic N) is 1. The molecule has 1 aliphatic carbocycles. The Morgan fingerprint density at radius 1 is 0.933 bits per heavy atom. The topological polar surface area (TPSA) is 104 Å². The molecule has 0 aromatic heterocycles. The summed E-state index contributed by atoms with van der Waals surface area (Å²) < 4.78 is 5.77. The van der Waals surface area contributed by atoms with Crippen molar-refractivity contribution in [2.75, 3.05) is 6.54 Å². The molecule has 0 bridgehead atoms. The summed E-state index contributed by atoms with van der Waals surface area (Å²) in [5.74, 6) is -4.26. The predicted molar refractivity (Wildman–Crippen MR) is 109 cm³/mol. The van der Waals surface area contributed by atoms with E-state index in [-0.39, 0.29) is 12.3 Å². The highest BCUT2D eigenvalue weighted by Crippen LogP contribution is 2.42. The van der Waals surface area contributed by atoms with E-state index in [4.69, 9.17) is 9.84 Å². The number of carbonyl (C=O) groups excluding carboxylic acids is 1. The van der Waals surface area contributed by atoms with Gasteiger partial charge in [0.05, 0.1) is 17.8 Å². The van der Waals surface area contributed by atoms with Crippen LogP contribution < -0.4 is 4.74 Å². The average molecular weight is 411 g/mol. The van der Waals surface area contributed by atoms with E-state index in [0.717, 1.165) is 11.3 Å². The number of carboxylic acid groups (broad SMARTS) is 2. The zero-order valence-corrected chi connectivity index (χ0v) is 16.7. The number of rotatable bonds is 9. The van der Waals surface area contributed by atoms with Gasteiger partial charge in [0, 0.05) is 13.1 Å². The summed E-state index contributed by atoms with van der Waals surface area (Å²) in [7, 11) is 0. The Bertz CT molecular complexity index is 896. The zero-order valence-electron chi connectivity index (χ0n) is 16.7. The average Bonchev–Trinajstić information content (AvgIpc) is 2.68. The van der Waals surface area contributed by atoms with E-state index in [1.807, 2.05) is 61.5 Å². The molecule has 7 nitrogen and oxygen atoms in total. The highest BCUT2D eigenvalue weighted by Gasteiger charge is 2.54. The fourth-order valence-electron chi connectivity index (χ4n) is 3.78. The third kappa shape index (κ3) is 4.79. The summed E-state index contributed by atoms with van der Waals surface area (Å²) in [6, 6.07) is 16.8. The molecule has 3 atom stereocenters. The van der Waals surface area contributed by atoms with Gasteiger partial charge in [0.1, 0.15) is 11.5 Å². The van der Waals surface area contributed by atoms with Gasteiger partial charge in [-0.2, -0.15) is 0 Å². The molecule has 1 saturated carbocycles. The Morgan fingerprint density at radius 2 is 1.57 bits per heavy atom. The number of amides is 1. The highest BCUT2D eigenvalue weighted by atomic mass is 16.5. The monoisotopic (exact) mass is 411 g/mol. The van der Waals surface area contributed by atoms with Crippen LogP contribution in [0.3, 0.4) is 0 Å². The summed E-state index contributed by atoms with van der Waals surface area (Å²) in [6.07, 6.45) is 0.781. The minimum atomic E-state index is -1.23. The highest BCUT2D eigenvalue weighted by molar-refractivity contribution is 5.91. The predicted octanol–water partition coefficient (Wildman–Crippen LogP) is 3.64. The third-order valence-electron chi connectivity index (χ3n) is 5.38. The second-order valence-electron chi connectivity index (χ2n) is 7.47. The van der Waals surface area contributed by atoms with Crippen molar-refractivity contribution in [1.29, 1.82) is 0 Å². The van der Waals surface area contributed by atoms with Gasteiger partial charge < -0.3 is 19.8 Å². The summed E-state index contributed by atoms with van der Waals surface area (Å²) in [5.41, 5.74) is 0.887. The van der Waals surface area contributed by atoms with Crippen molar-refractivity contribution in [3.8, 4) is 11.5 Å². The van der Waals surface area contributed by atoms with Crippen molar-refractivity contribution in [2.45, 2.75) is 26.3 Å². The molecule has 1 aliphatic rings. The van der Waals surface area contributed by atoms with Crippen molar-refractivity contribution in [2.24, 2.45) is 17.8 Å². The molecule has 0 radical (unpaired) electrons. The molecule has 3 unspecified atom stereocenters. The SMILES string of the molecule is CCCN(Cc1ccc(Oc2ccccc2)cc1)C(=O)C1CC(C(=O)O)C1C(=O)O. The summed E-state index contributed by atoms with van der Waals surface area (Å²) >= 11 is 0. The van der Waals surface area contributed by atoms with Crippen LogP contribution in [-0.4, -0.2) is 39.5 Å². The van der Waals surface area contributed by atoms with Crippen molar-refractivity contribution >= 4 is 17.8 Å². The lowest BCUT2D eigenvalue weighted by Gasteiger charge is -2.40. The Hall–Kier alpha value is -3.35. The lowest BCUT2D eigenvalue weighted by molar-refractivity contribution is -0.172. The minimum absolute atomic E-state index is 0.0647. The van der Waals surface area contributed by atoms with Crippen LogP contribution in [0.4, 0.5) is 0 Å². The van der Waals surface area contributed by atoms with E-state index in [0.29, 0.717) is 25.3 Å². The molecule has 2 aromatic carbocycles. The molecular weight excluding hydrogens is 386 g/mol. The maximum absolute atomic E-state index is 13.0. The quantitative estimate of drug-likeness (QED) is 0.653. The van der Waals surface area contributed by atoms with Gasteiger partial charge in [0.2, 0.25) is 5.91 Å². The van der Waals surface area contributed by atoms with Gasteiger partial charge in [0.25, 0.3) is 0 Å². The van der Waals surface area contributed by atoms with Crippen LogP contribution in [0.25, 0.3) is 0 Å². The van der Waals surface area contributed by atoms with Gasteiger partial charge in [-0.15, -0.1) is 0 Å². The molecule has 0 spiro atoms. The van der Waals surface area contributed by atoms with Crippen LogP contribution in [0, 0.1) is 17.8 Å². The Kier molecular flexibility index (Phi) is 6.72. The van der Waals surface area contributed by atoms with Crippen LogP contribution >= 0.6 is 0 Å². The molecule has 158 valence electrons. The molecule has 0 aliphatic heterocycles. The number of benzene rings is 2. The van der Waals surface area contributed by atoms with Crippen LogP contribution in [-0.2, 0) is 20.9 Å². The standard InChI is InChI=1S/C23H25NO6/c1-2-12-24(21(25)18-13-19(22(26)27)20(18)23(28)29)14-15-8-10-17(11-9-15)30-16-6-4-3-5-7-16/h3-11,18-20H,2,12-14H2,1H3,(H,26,27)(H,28,29). The first-order valence-electron chi connectivity index (χ1n) is 9.97. The van der Waals surface area contributed by atoms with E-state index < -0.39 is 29.7 Å². The van der Waals surface area contributed by atoms with Gasteiger partial charge in [-0.1, -0.05) is 37.3 Å². The second kappa shape index (κ2) is 9.43. The van der Waals surface area contributed by atoms with Crippen molar-refractivity contribution in [1.82, 2.24) is 4.90 Å².